The number of aryl methyl sites for hydroxylation is 2. The lowest BCUT2D eigenvalue weighted by Crippen LogP contribution is -2.40. The molecule has 4 rings (SSSR count). The largest absolute Gasteiger partial charge is 0.338 e. The first-order chi connectivity index (χ1) is 13.1. The Bertz CT molecular complexity index is 1050. The lowest BCUT2D eigenvalue weighted by atomic mass is 9.96. The fourth-order valence-electron chi connectivity index (χ4n) is 4.08. The van der Waals surface area contributed by atoms with Crippen LogP contribution in [0.4, 0.5) is 0 Å². The molecule has 0 unspecified atom stereocenters. The molecular weight excluding hydrogens is 340 g/mol. The highest BCUT2D eigenvalue weighted by molar-refractivity contribution is 6.06. The maximum Gasteiger partial charge on any atom is 0.254 e. The maximum absolute atomic E-state index is 13.3. The van der Waals surface area contributed by atoms with Crippen LogP contribution in [0.5, 0.6) is 0 Å². The molecule has 0 N–H and O–H groups in total. The number of benzene rings is 1. The number of nitrogens with zero attached hydrogens (tertiary/aromatic N) is 4. The second-order valence-electron chi connectivity index (χ2n) is 7.13. The fraction of sp³-hybridized carbons (Fsp3) is 0.381. The van der Waals surface area contributed by atoms with E-state index in [0.717, 1.165) is 36.1 Å². The van der Waals surface area contributed by atoms with Crippen molar-refractivity contribution >= 4 is 16.8 Å². The van der Waals surface area contributed by atoms with Gasteiger partial charge in [0, 0.05) is 56.4 Å². The van der Waals surface area contributed by atoms with Crippen LogP contribution < -0.4 is 5.56 Å². The molecule has 3 heterocycles. The summed E-state index contributed by atoms with van der Waals surface area (Å²) in [4.78, 5) is 32.1. The highest BCUT2D eigenvalue weighted by Gasteiger charge is 2.29. The van der Waals surface area contributed by atoms with Gasteiger partial charge in [-0.2, -0.15) is 0 Å². The molecule has 1 fully saturated rings. The Labute approximate surface area is 158 Å². The first-order valence-electron chi connectivity index (χ1n) is 9.49. The molecule has 1 atom stereocenters. The maximum atomic E-state index is 13.3. The average Bonchev–Trinajstić information content (AvgIpc) is 3.19. The van der Waals surface area contributed by atoms with Gasteiger partial charge in [-0.25, -0.2) is 4.98 Å². The number of carbonyl (C=O) groups excluding carboxylic acids is 1. The molecule has 1 aliphatic rings. The number of imidazole rings is 1. The molecule has 1 amide bonds. The minimum absolute atomic E-state index is 0.0665. The number of piperidine rings is 1. The van der Waals surface area contributed by atoms with Crippen LogP contribution in [-0.2, 0) is 13.6 Å². The number of pyridine rings is 1. The average molecular weight is 364 g/mol. The van der Waals surface area contributed by atoms with Gasteiger partial charge in [0.25, 0.3) is 11.5 Å². The molecular formula is C21H24N4O2. The second kappa shape index (κ2) is 7.02. The van der Waals surface area contributed by atoms with E-state index in [1.807, 2.05) is 41.6 Å². The Morgan fingerprint density at radius 3 is 2.93 bits per heavy atom. The number of carbonyl (C=O) groups is 1. The van der Waals surface area contributed by atoms with Crippen molar-refractivity contribution in [3.8, 4) is 0 Å². The summed E-state index contributed by atoms with van der Waals surface area (Å²) in [5, 5.41) is 0.821. The van der Waals surface area contributed by atoms with Gasteiger partial charge in [0.05, 0.1) is 11.1 Å². The Morgan fingerprint density at radius 2 is 2.11 bits per heavy atom. The molecule has 1 aromatic carbocycles. The molecule has 6 nitrogen and oxygen atoms in total. The van der Waals surface area contributed by atoms with Gasteiger partial charge in [-0.3, -0.25) is 9.59 Å². The zero-order chi connectivity index (χ0) is 19.0. The van der Waals surface area contributed by atoms with Crippen LogP contribution in [0.1, 0.15) is 41.9 Å². The Hall–Kier alpha value is -2.89. The lowest BCUT2D eigenvalue weighted by molar-refractivity contribution is 0.0705. The van der Waals surface area contributed by atoms with Gasteiger partial charge < -0.3 is 14.0 Å². The molecule has 2 aromatic heterocycles. The zero-order valence-corrected chi connectivity index (χ0v) is 15.8. The van der Waals surface area contributed by atoms with E-state index in [2.05, 4.69) is 16.5 Å². The van der Waals surface area contributed by atoms with Gasteiger partial charge in [0.1, 0.15) is 5.82 Å². The van der Waals surface area contributed by atoms with E-state index in [1.54, 1.807) is 11.6 Å². The number of hydrogen-bond donors (Lipinski definition) is 0. The predicted molar refractivity (Wildman–Crippen MR) is 105 cm³/mol. The van der Waals surface area contributed by atoms with Crippen LogP contribution in [0.3, 0.4) is 0 Å². The molecule has 0 spiro atoms. The highest BCUT2D eigenvalue weighted by Crippen LogP contribution is 2.28. The standard InChI is InChI=1S/C21H24N4O2/c1-3-24-12-10-22-20(24)15-7-6-11-25(14-15)21(27)17-13-19(26)23(2)18-9-5-4-8-16(17)18/h4-5,8-10,12-13,15H,3,6-7,11,14H2,1-2H3/t15-/m0/s1. The third-order valence-electron chi connectivity index (χ3n) is 5.55. The number of fused-ring (bicyclic) bond motifs is 1. The predicted octanol–water partition coefficient (Wildman–Crippen LogP) is 2.77. The number of hydrogen-bond acceptors (Lipinski definition) is 3. The molecule has 27 heavy (non-hydrogen) atoms. The summed E-state index contributed by atoms with van der Waals surface area (Å²) < 4.78 is 3.73. The summed E-state index contributed by atoms with van der Waals surface area (Å²) in [7, 11) is 1.74. The summed E-state index contributed by atoms with van der Waals surface area (Å²) in [5.74, 6) is 1.21. The number of para-hydroxylation sites is 1. The van der Waals surface area contributed by atoms with E-state index in [4.69, 9.17) is 0 Å². The van der Waals surface area contributed by atoms with E-state index in [0.29, 0.717) is 18.7 Å². The van der Waals surface area contributed by atoms with E-state index >= 15 is 0 Å². The lowest BCUT2D eigenvalue weighted by Gasteiger charge is -2.33. The van der Waals surface area contributed by atoms with Gasteiger partial charge in [-0.05, 0) is 25.8 Å². The fourth-order valence-corrected chi connectivity index (χ4v) is 4.08. The van der Waals surface area contributed by atoms with Crippen molar-refractivity contribution in [3.63, 3.8) is 0 Å². The number of amides is 1. The quantitative estimate of drug-likeness (QED) is 0.718. The smallest absolute Gasteiger partial charge is 0.254 e. The number of rotatable bonds is 3. The molecule has 0 bridgehead atoms. The van der Waals surface area contributed by atoms with E-state index in [1.165, 1.54) is 6.07 Å². The summed E-state index contributed by atoms with van der Waals surface area (Å²) in [6.45, 7) is 4.33. The Morgan fingerprint density at radius 1 is 1.30 bits per heavy atom. The van der Waals surface area contributed by atoms with Crippen molar-refractivity contribution in [1.29, 1.82) is 0 Å². The van der Waals surface area contributed by atoms with E-state index in [9.17, 15) is 9.59 Å². The summed E-state index contributed by atoms with van der Waals surface area (Å²) in [5.41, 5.74) is 1.11. The van der Waals surface area contributed by atoms with E-state index in [-0.39, 0.29) is 17.4 Å². The first-order valence-corrected chi connectivity index (χ1v) is 9.49. The van der Waals surface area contributed by atoms with Crippen LogP contribution in [0.2, 0.25) is 0 Å². The van der Waals surface area contributed by atoms with Gasteiger partial charge in [-0.1, -0.05) is 18.2 Å². The van der Waals surface area contributed by atoms with Crippen LogP contribution in [-0.4, -0.2) is 38.0 Å². The third-order valence-corrected chi connectivity index (χ3v) is 5.55. The van der Waals surface area contributed by atoms with E-state index < -0.39 is 0 Å². The number of aromatic nitrogens is 3. The van der Waals surface area contributed by atoms with Crippen LogP contribution in [0, 0.1) is 0 Å². The van der Waals surface area contributed by atoms with Crippen LogP contribution >= 0.6 is 0 Å². The van der Waals surface area contributed by atoms with Gasteiger partial charge in [-0.15, -0.1) is 0 Å². The molecule has 0 saturated carbocycles. The Kier molecular flexibility index (Phi) is 4.56. The van der Waals surface area contributed by atoms with Gasteiger partial charge in [0.15, 0.2) is 0 Å². The molecule has 0 aliphatic carbocycles. The monoisotopic (exact) mass is 364 g/mol. The summed E-state index contributed by atoms with van der Waals surface area (Å²) >= 11 is 0. The van der Waals surface area contributed by atoms with Gasteiger partial charge >= 0.3 is 0 Å². The molecule has 1 saturated heterocycles. The number of likely N-dealkylation sites (tertiary alicyclic amines) is 1. The second-order valence-corrected chi connectivity index (χ2v) is 7.13. The minimum atomic E-state index is -0.160. The normalized spacial score (nSPS) is 17.4. The van der Waals surface area contributed by atoms with Crippen molar-refractivity contribution in [1.82, 2.24) is 19.0 Å². The van der Waals surface area contributed by atoms with Crippen molar-refractivity contribution in [2.75, 3.05) is 13.1 Å². The minimum Gasteiger partial charge on any atom is -0.338 e. The zero-order valence-electron chi connectivity index (χ0n) is 15.8. The molecule has 0 radical (unpaired) electrons. The third kappa shape index (κ3) is 3.05. The molecule has 140 valence electrons. The summed E-state index contributed by atoms with van der Waals surface area (Å²) in [6.07, 6.45) is 5.78. The Balaban J connectivity index is 1.68. The van der Waals surface area contributed by atoms with Gasteiger partial charge in [0.2, 0.25) is 0 Å². The molecule has 6 heteroatoms. The van der Waals surface area contributed by atoms with Crippen molar-refractivity contribution in [2.45, 2.75) is 32.2 Å². The van der Waals surface area contributed by atoms with Crippen LogP contribution in [0.25, 0.3) is 10.9 Å². The van der Waals surface area contributed by atoms with Crippen molar-refractivity contribution < 1.29 is 4.79 Å². The SMILES string of the molecule is CCn1ccnc1[C@H]1CCCN(C(=O)c2cc(=O)n(C)c3ccccc23)C1. The topological polar surface area (TPSA) is 60.1 Å². The van der Waals surface area contributed by atoms with Crippen molar-refractivity contribution in [3.05, 3.63) is 64.5 Å². The molecule has 1 aliphatic heterocycles. The highest BCUT2D eigenvalue weighted by atomic mass is 16.2. The molecule has 3 aromatic rings. The van der Waals surface area contributed by atoms with Crippen LogP contribution in [0.15, 0.2) is 47.5 Å². The summed E-state index contributed by atoms with van der Waals surface area (Å²) in [6, 6.07) is 9.05. The van der Waals surface area contributed by atoms with Crippen molar-refractivity contribution in [2.24, 2.45) is 7.05 Å². The first kappa shape index (κ1) is 17.5.